The number of methoxy groups -OCH3 is 1. The number of ether oxygens (including phenoxy) is 1. The van der Waals surface area contributed by atoms with Crippen molar-refractivity contribution in [3.05, 3.63) is 58.5 Å². The number of alkyl halides is 3. The van der Waals surface area contributed by atoms with E-state index >= 15 is 0 Å². The van der Waals surface area contributed by atoms with Crippen LogP contribution in [0.15, 0.2) is 47.4 Å². The average Bonchev–Trinajstić information content (AvgIpc) is 2.38. The van der Waals surface area contributed by atoms with E-state index < -0.39 is 17.3 Å². The van der Waals surface area contributed by atoms with Crippen molar-refractivity contribution in [2.45, 2.75) is 6.18 Å². The number of nitrogens with zero attached hydrogens (tertiary/aromatic N) is 1. The lowest BCUT2D eigenvalue weighted by molar-refractivity contribution is -0.137. The third-order valence-electron chi connectivity index (χ3n) is 2.60. The second kappa shape index (κ2) is 4.79. The zero-order chi connectivity index (χ0) is 14.0. The summed E-state index contributed by atoms with van der Waals surface area (Å²) in [6, 6.07) is 7.87. The molecule has 0 aliphatic rings. The Kier molecular flexibility index (Phi) is 3.33. The fourth-order valence-corrected chi connectivity index (χ4v) is 1.61. The Labute approximate surface area is 106 Å². The van der Waals surface area contributed by atoms with Crippen LogP contribution < -0.4 is 10.3 Å². The Hall–Kier alpha value is -2.24. The van der Waals surface area contributed by atoms with E-state index in [-0.39, 0.29) is 0 Å². The lowest BCUT2D eigenvalue weighted by Gasteiger charge is -2.09. The lowest BCUT2D eigenvalue weighted by atomic mass is 10.2. The molecule has 0 amide bonds. The van der Waals surface area contributed by atoms with Crippen LogP contribution in [-0.4, -0.2) is 11.7 Å². The van der Waals surface area contributed by atoms with Gasteiger partial charge in [0.2, 0.25) is 0 Å². The van der Waals surface area contributed by atoms with Crippen LogP contribution in [0.3, 0.4) is 0 Å². The van der Waals surface area contributed by atoms with Gasteiger partial charge in [-0.05, 0) is 30.3 Å². The topological polar surface area (TPSA) is 31.2 Å². The first kappa shape index (κ1) is 13.2. The highest BCUT2D eigenvalue weighted by molar-refractivity contribution is 5.38. The minimum Gasteiger partial charge on any atom is -0.497 e. The maximum atomic E-state index is 12.4. The van der Waals surface area contributed by atoms with Crippen LogP contribution in [0.4, 0.5) is 13.2 Å². The van der Waals surface area contributed by atoms with E-state index in [0.29, 0.717) is 17.5 Å². The molecule has 0 unspecified atom stereocenters. The normalized spacial score (nSPS) is 11.4. The fraction of sp³-hybridized carbons (Fsp3) is 0.154. The van der Waals surface area contributed by atoms with Crippen LogP contribution >= 0.6 is 0 Å². The molecule has 0 aliphatic heterocycles. The van der Waals surface area contributed by atoms with Gasteiger partial charge >= 0.3 is 6.18 Å². The summed E-state index contributed by atoms with van der Waals surface area (Å²) in [5, 5.41) is 0. The van der Waals surface area contributed by atoms with Crippen molar-refractivity contribution >= 4 is 0 Å². The summed E-state index contributed by atoms with van der Waals surface area (Å²) in [5.41, 5.74) is -1.22. The molecule has 0 saturated heterocycles. The average molecular weight is 269 g/mol. The summed E-state index contributed by atoms with van der Waals surface area (Å²) < 4.78 is 43.4. The van der Waals surface area contributed by atoms with Crippen molar-refractivity contribution in [1.29, 1.82) is 0 Å². The largest absolute Gasteiger partial charge is 0.497 e. The van der Waals surface area contributed by atoms with Gasteiger partial charge in [-0.2, -0.15) is 13.2 Å². The van der Waals surface area contributed by atoms with E-state index in [0.717, 1.165) is 16.8 Å². The molecule has 1 aromatic carbocycles. The van der Waals surface area contributed by atoms with Gasteiger partial charge < -0.3 is 4.74 Å². The number of rotatable bonds is 2. The molecule has 0 fully saturated rings. The van der Waals surface area contributed by atoms with Gasteiger partial charge in [-0.15, -0.1) is 0 Å². The van der Waals surface area contributed by atoms with Gasteiger partial charge in [0.25, 0.3) is 5.56 Å². The summed E-state index contributed by atoms with van der Waals surface area (Å²) in [5.74, 6) is 0.601. The Morgan fingerprint density at radius 3 is 2.21 bits per heavy atom. The molecule has 1 aromatic heterocycles. The van der Waals surface area contributed by atoms with Crippen LogP contribution in [0.2, 0.25) is 0 Å². The smallest absolute Gasteiger partial charge is 0.416 e. The summed E-state index contributed by atoms with van der Waals surface area (Å²) in [4.78, 5) is 11.7. The maximum Gasteiger partial charge on any atom is 0.416 e. The summed E-state index contributed by atoms with van der Waals surface area (Å²) >= 11 is 0. The molecule has 19 heavy (non-hydrogen) atoms. The molecular formula is C13H10F3NO2. The predicted octanol–water partition coefficient (Wildman–Crippen LogP) is 2.86. The highest BCUT2D eigenvalue weighted by atomic mass is 19.4. The fourth-order valence-electron chi connectivity index (χ4n) is 1.61. The molecule has 0 atom stereocenters. The molecule has 0 N–H and O–H groups in total. The standard InChI is InChI=1S/C13H10F3NO2/c1-19-11-4-2-10(3-5-11)17-7-6-9(8-12(17)18)13(14,15)16/h2-8H,1H3. The van der Waals surface area contributed by atoms with Gasteiger partial charge in [0.05, 0.1) is 12.7 Å². The van der Waals surface area contributed by atoms with Gasteiger partial charge in [0.1, 0.15) is 5.75 Å². The van der Waals surface area contributed by atoms with Gasteiger partial charge in [-0.1, -0.05) is 0 Å². The van der Waals surface area contributed by atoms with Gasteiger partial charge in [0, 0.05) is 18.0 Å². The van der Waals surface area contributed by atoms with E-state index in [9.17, 15) is 18.0 Å². The van der Waals surface area contributed by atoms with Crippen molar-refractivity contribution in [3.8, 4) is 11.4 Å². The Balaban J connectivity index is 2.43. The molecule has 0 bridgehead atoms. The van der Waals surface area contributed by atoms with Crippen LogP contribution in [0.25, 0.3) is 5.69 Å². The quantitative estimate of drug-likeness (QED) is 0.839. The first-order valence-corrected chi connectivity index (χ1v) is 5.36. The molecule has 6 heteroatoms. The van der Waals surface area contributed by atoms with Crippen LogP contribution in [0.5, 0.6) is 5.75 Å². The second-order valence-electron chi connectivity index (χ2n) is 3.82. The molecule has 100 valence electrons. The van der Waals surface area contributed by atoms with Crippen LogP contribution in [0, 0.1) is 0 Å². The molecule has 0 aliphatic carbocycles. The number of halogens is 3. The van der Waals surface area contributed by atoms with E-state index in [1.807, 2.05) is 0 Å². The SMILES string of the molecule is COc1ccc(-n2ccc(C(F)(F)F)cc2=O)cc1. The van der Waals surface area contributed by atoms with E-state index in [4.69, 9.17) is 4.74 Å². The number of hydrogen-bond donors (Lipinski definition) is 0. The minimum absolute atomic E-state index is 0.472. The summed E-state index contributed by atoms with van der Waals surface area (Å²) in [7, 11) is 1.50. The summed E-state index contributed by atoms with van der Waals surface area (Å²) in [6.07, 6.45) is -3.41. The van der Waals surface area contributed by atoms with Gasteiger partial charge in [0.15, 0.2) is 0 Å². The van der Waals surface area contributed by atoms with Gasteiger partial charge in [-0.25, -0.2) is 0 Å². The first-order chi connectivity index (χ1) is 8.91. The molecule has 3 nitrogen and oxygen atoms in total. The van der Waals surface area contributed by atoms with Crippen molar-refractivity contribution in [1.82, 2.24) is 4.57 Å². The molecule has 2 aromatic rings. The number of hydrogen-bond acceptors (Lipinski definition) is 2. The third kappa shape index (κ3) is 2.78. The monoisotopic (exact) mass is 269 g/mol. The first-order valence-electron chi connectivity index (χ1n) is 5.36. The Morgan fingerprint density at radius 1 is 1.11 bits per heavy atom. The number of pyridine rings is 1. The lowest BCUT2D eigenvalue weighted by Crippen LogP contribution is -2.20. The molecule has 0 spiro atoms. The van der Waals surface area contributed by atoms with Crippen molar-refractivity contribution in [2.75, 3.05) is 7.11 Å². The zero-order valence-electron chi connectivity index (χ0n) is 9.94. The van der Waals surface area contributed by atoms with Crippen molar-refractivity contribution in [2.24, 2.45) is 0 Å². The number of benzene rings is 1. The van der Waals surface area contributed by atoms with Crippen LogP contribution in [0.1, 0.15) is 5.56 Å². The van der Waals surface area contributed by atoms with E-state index in [1.54, 1.807) is 24.3 Å². The predicted molar refractivity (Wildman–Crippen MR) is 63.6 cm³/mol. The van der Waals surface area contributed by atoms with Crippen LogP contribution in [-0.2, 0) is 6.18 Å². The molecule has 1 heterocycles. The molecule has 0 radical (unpaired) electrons. The van der Waals surface area contributed by atoms with Crippen molar-refractivity contribution in [3.63, 3.8) is 0 Å². The van der Waals surface area contributed by atoms with E-state index in [1.165, 1.54) is 7.11 Å². The Morgan fingerprint density at radius 2 is 1.74 bits per heavy atom. The highest BCUT2D eigenvalue weighted by Gasteiger charge is 2.30. The molecule has 2 rings (SSSR count). The molecule has 0 saturated carbocycles. The molecular weight excluding hydrogens is 259 g/mol. The van der Waals surface area contributed by atoms with Crippen molar-refractivity contribution < 1.29 is 17.9 Å². The number of aromatic nitrogens is 1. The Bertz CT molecular complexity index is 630. The summed E-state index contributed by atoms with van der Waals surface area (Å²) in [6.45, 7) is 0. The van der Waals surface area contributed by atoms with Gasteiger partial charge in [-0.3, -0.25) is 9.36 Å². The highest BCUT2D eigenvalue weighted by Crippen LogP contribution is 2.28. The maximum absolute atomic E-state index is 12.4. The minimum atomic E-state index is -4.52. The zero-order valence-corrected chi connectivity index (χ0v) is 9.94. The third-order valence-corrected chi connectivity index (χ3v) is 2.60. The van der Waals surface area contributed by atoms with E-state index in [2.05, 4.69) is 0 Å². The second-order valence-corrected chi connectivity index (χ2v) is 3.82.